The van der Waals surface area contributed by atoms with Gasteiger partial charge in [-0.1, -0.05) is 6.07 Å². The highest BCUT2D eigenvalue weighted by Gasteiger charge is 2.28. The predicted molar refractivity (Wildman–Crippen MR) is 71.2 cm³/mol. The first-order chi connectivity index (χ1) is 9.49. The third-order valence-electron chi connectivity index (χ3n) is 3.45. The van der Waals surface area contributed by atoms with Crippen molar-refractivity contribution in [2.24, 2.45) is 11.7 Å². The van der Waals surface area contributed by atoms with E-state index in [-0.39, 0.29) is 18.0 Å². The van der Waals surface area contributed by atoms with Crippen LogP contribution in [0.4, 0.5) is 0 Å². The number of aliphatic carboxylic acids is 1. The number of nitrogens with two attached hydrogens (primary N) is 1. The number of carbonyl (C=O) groups excluding carboxylic acids is 2. The summed E-state index contributed by atoms with van der Waals surface area (Å²) in [5, 5.41) is 9.03. The molecule has 0 saturated carbocycles. The number of primary amides is 1. The van der Waals surface area contributed by atoms with Crippen molar-refractivity contribution >= 4 is 17.8 Å². The Balaban J connectivity index is 2.16. The summed E-state index contributed by atoms with van der Waals surface area (Å²) in [6.45, 7) is 0.735. The number of hydrogen-bond donors (Lipinski definition) is 2. The van der Waals surface area contributed by atoms with Gasteiger partial charge in [0.25, 0.3) is 5.91 Å². The Morgan fingerprint density at radius 2 is 1.95 bits per heavy atom. The molecule has 20 heavy (non-hydrogen) atoms. The van der Waals surface area contributed by atoms with Gasteiger partial charge in [0.1, 0.15) is 0 Å². The van der Waals surface area contributed by atoms with Crippen molar-refractivity contribution in [1.29, 1.82) is 0 Å². The lowest BCUT2D eigenvalue weighted by atomic mass is 9.97. The van der Waals surface area contributed by atoms with Crippen LogP contribution in [0.1, 0.15) is 33.6 Å². The number of carboxylic acid groups (broad SMARTS) is 1. The standard InChI is InChI=1S/C14H16N2O4/c15-12(17)9-3-1-4-10(7-9)13(18)16-6-2-5-11(8-16)14(19)20/h1,3-4,7,11H,2,5-6,8H2,(H2,15,17)(H,19,20)/t11-/m1/s1. The molecule has 1 atom stereocenters. The molecule has 0 aliphatic carbocycles. The summed E-state index contributed by atoms with van der Waals surface area (Å²) in [6, 6.07) is 6.16. The summed E-state index contributed by atoms with van der Waals surface area (Å²) in [5.74, 6) is -2.26. The number of rotatable bonds is 3. The molecule has 3 N–H and O–H groups in total. The van der Waals surface area contributed by atoms with E-state index >= 15 is 0 Å². The third-order valence-corrected chi connectivity index (χ3v) is 3.45. The quantitative estimate of drug-likeness (QED) is 0.849. The molecule has 0 unspecified atom stereocenters. The maximum Gasteiger partial charge on any atom is 0.308 e. The zero-order valence-electron chi connectivity index (χ0n) is 10.9. The Bertz CT molecular complexity index is 556. The van der Waals surface area contributed by atoms with Crippen LogP contribution in [0.2, 0.25) is 0 Å². The number of piperidine rings is 1. The van der Waals surface area contributed by atoms with Crippen molar-refractivity contribution in [3.63, 3.8) is 0 Å². The average Bonchev–Trinajstić information content (AvgIpc) is 2.46. The molecule has 1 aliphatic rings. The fourth-order valence-corrected chi connectivity index (χ4v) is 2.35. The van der Waals surface area contributed by atoms with E-state index in [0.717, 1.165) is 0 Å². The van der Waals surface area contributed by atoms with Crippen LogP contribution in [0.3, 0.4) is 0 Å². The maximum absolute atomic E-state index is 12.3. The minimum absolute atomic E-state index is 0.203. The van der Waals surface area contributed by atoms with Crippen LogP contribution in [0, 0.1) is 5.92 Å². The molecule has 1 heterocycles. The van der Waals surface area contributed by atoms with E-state index in [4.69, 9.17) is 10.8 Å². The lowest BCUT2D eigenvalue weighted by Gasteiger charge is -2.30. The second-order valence-corrected chi connectivity index (χ2v) is 4.87. The SMILES string of the molecule is NC(=O)c1cccc(C(=O)N2CCC[C@@H](C(=O)O)C2)c1. The molecular weight excluding hydrogens is 260 g/mol. The lowest BCUT2D eigenvalue weighted by molar-refractivity contribution is -0.143. The van der Waals surface area contributed by atoms with E-state index in [2.05, 4.69) is 0 Å². The third kappa shape index (κ3) is 2.96. The topological polar surface area (TPSA) is 101 Å². The van der Waals surface area contributed by atoms with E-state index in [9.17, 15) is 14.4 Å². The zero-order valence-corrected chi connectivity index (χ0v) is 10.9. The highest BCUT2D eigenvalue weighted by molar-refractivity contribution is 5.99. The molecule has 0 bridgehead atoms. The first kappa shape index (κ1) is 14.0. The van der Waals surface area contributed by atoms with Crippen LogP contribution in [0.25, 0.3) is 0 Å². The number of carboxylic acids is 1. The van der Waals surface area contributed by atoms with E-state index in [1.165, 1.54) is 17.0 Å². The Morgan fingerprint density at radius 3 is 2.60 bits per heavy atom. The number of likely N-dealkylation sites (tertiary alicyclic amines) is 1. The van der Waals surface area contributed by atoms with Crippen molar-refractivity contribution < 1.29 is 19.5 Å². The summed E-state index contributed by atoms with van der Waals surface area (Å²) < 4.78 is 0. The predicted octanol–water partition coefficient (Wildman–Crippen LogP) is 0.722. The van der Waals surface area contributed by atoms with E-state index < -0.39 is 17.8 Å². The first-order valence-corrected chi connectivity index (χ1v) is 6.41. The maximum atomic E-state index is 12.3. The second kappa shape index (κ2) is 5.73. The molecule has 0 radical (unpaired) electrons. The van der Waals surface area contributed by atoms with E-state index in [1.54, 1.807) is 12.1 Å². The minimum Gasteiger partial charge on any atom is -0.481 e. The molecule has 1 saturated heterocycles. The van der Waals surface area contributed by atoms with Gasteiger partial charge < -0.3 is 15.7 Å². The van der Waals surface area contributed by atoms with E-state index in [1.807, 2.05) is 0 Å². The van der Waals surface area contributed by atoms with Gasteiger partial charge in [-0.2, -0.15) is 0 Å². The smallest absolute Gasteiger partial charge is 0.308 e. The molecular formula is C14H16N2O4. The number of benzene rings is 1. The van der Waals surface area contributed by atoms with Crippen molar-refractivity contribution in [3.05, 3.63) is 35.4 Å². The lowest BCUT2D eigenvalue weighted by Crippen LogP contribution is -2.42. The van der Waals surface area contributed by atoms with Crippen LogP contribution in [0.5, 0.6) is 0 Å². The van der Waals surface area contributed by atoms with Gasteiger partial charge in [-0.3, -0.25) is 14.4 Å². The summed E-state index contributed by atoms with van der Waals surface area (Å²) >= 11 is 0. The Morgan fingerprint density at radius 1 is 1.25 bits per heavy atom. The molecule has 1 fully saturated rings. The Kier molecular flexibility index (Phi) is 4.02. The first-order valence-electron chi connectivity index (χ1n) is 6.41. The van der Waals surface area contributed by atoms with Crippen LogP contribution >= 0.6 is 0 Å². The molecule has 1 aromatic carbocycles. The fourth-order valence-electron chi connectivity index (χ4n) is 2.35. The number of amides is 2. The second-order valence-electron chi connectivity index (χ2n) is 4.87. The van der Waals surface area contributed by atoms with Gasteiger partial charge in [0.05, 0.1) is 5.92 Å². The Labute approximate surface area is 116 Å². The summed E-state index contributed by atoms with van der Waals surface area (Å²) in [7, 11) is 0. The molecule has 106 valence electrons. The van der Waals surface area contributed by atoms with Gasteiger partial charge >= 0.3 is 5.97 Å². The van der Waals surface area contributed by atoms with Crippen LogP contribution in [-0.4, -0.2) is 40.9 Å². The van der Waals surface area contributed by atoms with Gasteiger partial charge in [0.2, 0.25) is 5.91 Å². The van der Waals surface area contributed by atoms with Crippen LogP contribution in [-0.2, 0) is 4.79 Å². The number of carbonyl (C=O) groups is 3. The number of nitrogens with zero attached hydrogens (tertiary/aromatic N) is 1. The van der Waals surface area contributed by atoms with Gasteiger partial charge in [-0.05, 0) is 31.0 Å². The van der Waals surface area contributed by atoms with Crippen molar-refractivity contribution in [2.45, 2.75) is 12.8 Å². The van der Waals surface area contributed by atoms with Crippen LogP contribution in [0.15, 0.2) is 24.3 Å². The molecule has 6 heteroatoms. The molecule has 1 aromatic rings. The summed E-state index contributed by atoms with van der Waals surface area (Å²) in [6.07, 6.45) is 1.25. The molecule has 0 aromatic heterocycles. The molecule has 1 aliphatic heterocycles. The minimum atomic E-state index is -0.881. The average molecular weight is 276 g/mol. The van der Waals surface area contributed by atoms with Gasteiger partial charge in [0, 0.05) is 24.2 Å². The summed E-state index contributed by atoms with van der Waals surface area (Å²) in [4.78, 5) is 36.0. The molecule has 2 amide bonds. The Hall–Kier alpha value is -2.37. The normalized spacial score (nSPS) is 18.6. The molecule has 0 spiro atoms. The fraction of sp³-hybridized carbons (Fsp3) is 0.357. The van der Waals surface area contributed by atoms with Gasteiger partial charge in [0.15, 0.2) is 0 Å². The largest absolute Gasteiger partial charge is 0.481 e. The number of hydrogen-bond acceptors (Lipinski definition) is 3. The highest BCUT2D eigenvalue weighted by atomic mass is 16.4. The highest BCUT2D eigenvalue weighted by Crippen LogP contribution is 2.19. The molecule has 2 rings (SSSR count). The monoisotopic (exact) mass is 276 g/mol. The summed E-state index contributed by atoms with van der Waals surface area (Å²) in [5.41, 5.74) is 5.80. The van der Waals surface area contributed by atoms with Gasteiger partial charge in [-0.25, -0.2) is 0 Å². The van der Waals surface area contributed by atoms with Crippen molar-refractivity contribution in [3.8, 4) is 0 Å². The zero-order chi connectivity index (χ0) is 14.7. The van der Waals surface area contributed by atoms with Gasteiger partial charge in [-0.15, -0.1) is 0 Å². The molecule has 6 nitrogen and oxygen atoms in total. The van der Waals surface area contributed by atoms with Crippen LogP contribution < -0.4 is 5.73 Å². The van der Waals surface area contributed by atoms with E-state index in [0.29, 0.717) is 24.9 Å². The van der Waals surface area contributed by atoms with Crippen molar-refractivity contribution in [1.82, 2.24) is 4.90 Å². The van der Waals surface area contributed by atoms with Crippen molar-refractivity contribution in [2.75, 3.05) is 13.1 Å².